The van der Waals surface area contributed by atoms with Crippen molar-refractivity contribution in [1.29, 1.82) is 0 Å². The van der Waals surface area contributed by atoms with Crippen LogP contribution in [-0.4, -0.2) is 61.8 Å². The highest BCUT2D eigenvalue weighted by Crippen LogP contribution is 2.37. The van der Waals surface area contributed by atoms with E-state index in [2.05, 4.69) is 14.6 Å². The lowest BCUT2D eigenvalue weighted by molar-refractivity contribution is -0.377. The highest BCUT2D eigenvalue weighted by molar-refractivity contribution is 7.14. The molecule has 16 heteroatoms. The first-order valence-corrected chi connectivity index (χ1v) is 17.2. The molecule has 2 atom stereocenters. The molecule has 0 unspecified atom stereocenters. The molecule has 0 saturated carbocycles. The molecular weight excluding hydrogens is 734 g/mol. The van der Waals surface area contributed by atoms with Crippen LogP contribution in [0.4, 0.5) is 23.7 Å². The van der Waals surface area contributed by atoms with Crippen molar-refractivity contribution in [3.05, 3.63) is 104 Å². The van der Waals surface area contributed by atoms with Crippen LogP contribution in [0.1, 0.15) is 48.7 Å². The maximum Gasteiger partial charge on any atom is 0.415 e. The van der Waals surface area contributed by atoms with Crippen LogP contribution >= 0.6 is 34.5 Å². The van der Waals surface area contributed by atoms with E-state index in [1.165, 1.54) is 47.6 Å². The number of hydrogen-bond donors (Lipinski definition) is 0. The van der Waals surface area contributed by atoms with Crippen molar-refractivity contribution in [3.8, 4) is 11.5 Å². The summed E-state index contributed by atoms with van der Waals surface area (Å²) in [5.74, 6) is -2.31. The number of carbonyl (C=O) groups is 2. The maximum absolute atomic E-state index is 15.1. The summed E-state index contributed by atoms with van der Waals surface area (Å²) in [6, 6.07) is 12.4. The van der Waals surface area contributed by atoms with Gasteiger partial charge < -0.3 is 24.4 Å². The number of amides is 1. The zero-order chi connectivity index (χ0) is 37.9. The van der Waals surface area contributed by atoms with Crippen molar-refractivity contribution in [1.82, 2.24) is 4.90 Å². The van der Waals surface area contributed by atoms with Gasteiger partial charge >= 0.3 is 18.7 Å². The molecule has 2 bridgehead atoms. The fourth-order valence-corrected chi connectivity index (χ4v) is 7.57. The molecule has 2 aromatic carbocycles. The van der Waals surface area contributed by atoms with Gasteiger partial charge in [-0.2, -0.15) is 8.78 Å². The van der Waals surface area contributed by atoms with Gasteiger partial charge in [-0.25, -0.2) is 19.0 Å². The fraction of sp³-hybridized carbons (Fsp3) is 0.343. The number of pyridine rings is 1. The lowest BCUT2D eigenvalue weighted by atomic mass is 9.86. The van der Waals surface area contributed by atoms with E-state index in [-0.39, 0.29) is 56.6 Å². The van der Waals surface area contributed by atoms with Crippen molar-refractivity contribution in [2.75, 3.05) is 31.6 Å². The molecule has 7 rings (SSSR count). The average Bonchev–Trinajstić information content (AvgIpc) is 3.58. The van der Waals surface area contributed by atoms with Crippen molar-refractivity contribution in [3.63, 3.8) is 0 Å². The number of halogens is 5. The summed E-state index contributed by atoms with van der Waals surface area (Å²) < 4.78 is 85.2. The number of alkyl halides is 2. The molecule has 10 nitrogen and oxygen atoms in total. The van der Waals surface area contributed by atoms with Gasteiger partial charge in [0.2, 0.25) is 0 Å². The van der Waals surface area contributed by atoms with Crippen molar-refractivity contribution >= 4 is 52.3 Å². The number of nitrogens with one attached hydrogen (secondary N) is 1. The van der Waals surface area contributed by atoms with Crippen LogP contribution in [0.2, 0.25) is 10.0 Å². The first-order chi connectivity index (χ1) is 25.2. The second-order valence-electron chi connectivity index (χ2n) is 11.8. The predicted octanol–water partition coefficient (Wildman–Crippen LogP) is 7.82. The van der Waals surface area contributed by atoms with Gasteiger partial charge in [-0.15, -0.1) is 11.3 Å². The van der Waals surface area contributed by atoms with Gasteiger partial charge in [-0.3, -0.25) is 9.80 Å². The standard InChI is InChI=1S/C35H32Cl2F3N3O6S.H2O/c1-46-30-14-21(6-8-28(30)48-34(39)40)29(15-23-24(36)16-41-17-25(23)37)47-33(44)32-9-7-22(50-32)18-43(27-5-3-2-4-26(27)38)35(45)49-31-19-42-12-10-20(31)11-13-42;/h2-9,14,16-17,20,29,31,34H,10-13,15,18-19H2,1H3;1H2/t29-,31-;/m0./s1/i1D3;. The maximum atomic E-state index is 15.1. The van der Waals surface area contributed by atoms with Gasteiger partial charge in [0, 0.05) is 23.4 Å². The van der Waals surface area contributed by atoms with Crippen LogP contribution in [0.25, 0.3) is 0 Å². The summed E-state index contributed by atoms with van der Waals surface area (Å²) in [7, 11) is -3.03. The van der Waals surface area contributed by atoms with Gasteiger partial charge in [0.25, 0.3) is 0 Å². The minimum atomic E-state index is -3.28. The third kappa shape index (κ3) is 9.05. The molecule has 0 radical (unpaired) electrons. The Hall–Kier alpha value is -4.08. The number of esters is 1. The summed E-state index contributed by atoms with van der Waals surface area (Å²) in [5.41, 5.74) is 0.529. The Labute approximate surface area is 310 Å². The number of carbonyl (C=O) groups excluding carboxylic acids is 2. The van der Waals surface area contributed by atoms with E-state index in [4.69, 9.17) is 41.5 Å². The van der Waals surface area contributed by atoms with Gasteiger partial charge in [-0.1, -0.05) is 41.4 Å². The molecular formula is C35H34Cl2F3N3O7S. The molecule has 3 fully saturated rings. The number of para-hydroxylation sites is 1. The zero-order valence-corrected chi connectivity index (χ0v) is 29.0. The Balaban J connectivity index is 0.00000561. The summed E-state index contributed by atoms with van der Waals surface area (Å²) in [6.45, 7) is -0.887. The first-order valence-electron chi connectivity index (χ1n) is 17.1. The number of ether oxygens (including phenoxy) is 4. The number of rotatable bonds is 12. The molecule has 2 N–H and O–H groups in total. The average molecular weight is 772 g/mol. The predicted molar refractivity (Wildman–Crippen MR) is 183 cm³/mol. The quantitative estimate of drug-likeness (QED) is 0.134. The number of benzene rings is 2. The number of hydrogen-bond acceptors (Lipinski definition) is 9. The van der Waals surface area contributed by atoms with E-state index in [0.29, 0.717) is 17.0 Å². The summed E-state index contributed by atoms with van der Waals surface area (Å²) in [5, 5.41) is 0.402. The normalized spacial score (nSPS) is 19.6. The van der Waals surface area contributed by atoms with Gasteiger partial charge in [0.1, 0.15) is 32.9 Å². The lowest BCUT2D eigenvalue weighted by Crippen LogP contribution is -2.53. The van der Waals surface area contributed by atoms with Gasteiger partial charge in [-0.05, 0) is 73.8 Å². The Morgan fingerprint density at radius 1 is 1.08 bits per heavy atom. The molecule has 51 heavy (non-hydrogen) atoms. The lowest BCUT2D eigenvalue weighted by Gasteiger charge is -2.44. The number of fused-ring (bicyclic) bond motifs is 3. The Kier molecular flexibility index (Phi) is 11.3. The topological polar surface area (TPSA) is 122 Å². The summed E-state index contributed by atoms with van der Waals surface area (Å²) in [4.78, 5) is 34.2. The number of piperidine rings is 3. The Morgan fingerprint density at radius 3 is 2.49 bits per heavy atom. The highest BCUT2D eigenvalue weighted by atomic mass is 35.5. The van der Waals surface area contributed by atoms with E-state index in [9.17, 15) is 18.4 Å². The molecule has 3 saturated heterocycles. The minimum absolute atomic E-state index is 0. The van der Waals surface area contributed by atoms with Crippen LogP contribution in [0.5, 0.6) is 11.5 Å². The van der Waals surface area contributed by atoms with Gasteiger partial charge in [0.15, 0.2) is 23.9 Å². The smallest absolute Gasteiger partial charge is 0.415 e. The number of H-pyrrole nitrogens is 1. The Morgan fingerprint density at radius 2 is 1.82 bits per heavy atom. The monoisotopic (exact) mass is 770 g/mol. The number of thiophene rings is 1. The number of aromatic nitrogens is 1. The number of aromatic amines is 1. The molecule has 1 amide bonds. The molecule has 3 aliphatic heterocycles. The van der Waals surface area contributed by atoms with Gasteiger partial charge in [0.05, 0.1) is 23.4 Å². The molecule has 272 valence electrons. The number of nitrogens with zero attached hydrogens (tertiary/aromatic N) is 2. The second kappa shape index (κ2) is 17.0. The largest absolute Gasteiger partial charge is 0.870 e. The SMILES string of the molecule is [2H]C([2H])([2H])Oc1cc([C@H](Cc2c(Cl)c[nH+]cc2Cl)OC(=O)c2ccc(CN(C(=O)O[C@H]3CN4CCC3CC4)c3ccccc3F)s2)ccc1OC(F)F.[OH-]. The van der Waals surface area contributed by atoms with Crippen molar-refractivity contribution in [2.24, 2.45) is 5.92 Å². The molecule has 0 spiro atoms. The second-order valence-corrected chi connectivity index (χ2v) is 13.8. The third-order valence-electron chi connectivity index (χ3n) is 8.69. The van der Waals surface area contributed by atoms with Crippen LogP contribution in [0.15, 0.2) is 67.0 Å². The van der Waals surface area contributed by atoms with Crippen molar-refractivity contribution in [2.45, 2.75) is 44.6 Å². The number of methoxy groups -OCH3 is 1. The molecule has 5 heterocycles. The van der Waals surface area contributed by atoms with E-state index in [1.54, 1.807) is 12.1 Å². The highest BCUT2D eigenvalue weighted by Gasteiger charge is 2.38. The summed E-state index contributed by atoms with van der Waals surface area (Å²) in [6.07, 6.45) is 2.39. The zero-order valence-electron chi connectivity index (χ0n) is 29.7. The van der Waals surface area contributed by atoms with Crippen molar-refractivity contribution < 1.29 is 56.3 Å². The van der Waals surface area contributed by atoms with Crippen LogP contribution in [0, 0.1) is 11.7 Å². The molecule has 0 aliphatic carbocycles. The molecule has 2 aromatic heterocycles. The van der Waals surface area contributed by atoms with E-state index < -0.39 is 49.1 Å². The first kappa shape index (κ1) is 34.0. The Bertz CT molecular complexity index is 1930. The van der Waals surface area contributed by atoms with E-state index in [0.717, 1.165) is 49.4 Å². The van der Waals surface area contributed by atoms with Crippen LogP contribution in [-0.2, 0) is 22.4 Å². The molecule has 4 aromatic rings. The fourth-order valence-electron chi connectivity index (χ4n) is 6.15. The van der Waals surface area contributed by atoms with E-state index in [1.807, 2.05) is 0 Å². The van der Waals surface area contributed by atoms with Crippen LogP contribution in [0.3, 0.4) is 0 Å². The van der Waals surface area contributed by atoms with E-state index >= 15 is 4.39 Å². The molecule has 3 aliphatic rings. The number of anilines is 1. The summed E-state index contributed by atoms with van der Waals surface area (Å²) >= 11 is 13.8. The minimum Gasteiger partial charge on any atom is -0.870 e. The third-order valence-corrected chi connectivity index (χ3v) is 10.4. The van der Waals surface area contributed by atoms with Crippen LogP contribution < -0.4 is 19.4 Å².